The lowest BCUT2D eigenvalue weighted by molar-refractivity contribution is -0.178. The molecule has 0 radical (unpaired) electrons. The lowest BCUT2D eigenvalue weighted by atomic mass is 10.0. The van der Waals surface area contributed by atoms with Crippen molar-refractivity contribution in [1.82, 2.24) is 0 Å². The normalized spacial score (nSPS) is 36.6. The highest BCUT2D eigenvalue weighted by Gasteiger charge is 2.48. The highest BCUT2D eigenvalue weighted by molar-refractivity contribution is 5.89. The highest BCUT2D eigenvalue weighted by Crippen LogP contribution is 2.34. The van der Waals surface area contributed by atoms with Gasteiger partial charge in [-0.05, 0) is 12.8 Å². The quantitative estimate of drug-likeness (QED) is 0.745. The molecule has 1 saturated heterocycles. The van der Waals surface area contributed by atoms with E-state index >= 15 is 0 Å². The Balaban J connectivity index is 2.04. The summed E-state index contributed by atoms with van der Waals surface area (Å²) in [6.07, 6.45) is -0.880. The Morgan fingerprint density at radius 2 is 2.11 bits per heavy atom. The average molecular weight is 258 g/mol. The van der Waals surface area contributed by atoms with E-state index in [1.807, 2.05) is 20.8 Å². The van der Waals surface area contributed by atoms with Gasteiger partial charge in [0.1, 0.15) is 6.10 Å². The standard InChI is InChI=1S/C12H18O6/c1-6(2)4-12(3)16-5-7(18-12)10-8(13)9(14)11(15)17-10/h6-7,10,13-14H,4-5H2,1-3H3/t7-,10-,12-/m1/s1. The number of rotatable bonds is 3. The van der Waals surface area contributed by atoms with Crippen molar-refractivity contribution < 1.29 is 29.2 Å². The van der Waals surface area contributed by atoms with Gasteiger partial charge in [0.05, 0.1) is 6.61 Å². The maximum Gasteiger partial charge on any atom is 0.377 e. The Labute approximate surface area is 105 Å². The number of hydrogen-bond donors (Lipinski definition) is 2. The summed E-state index contributed by atoms with van der Waals surface area (Å²) in [5.74, 6) is -2.52. The molecule has 102 valence electrons. The van der Waals surface area contributed by atoms with Crippen molar-refractivity contribution in [3.05, 3.63) is 11.5 Å². The first-order valence-electron chi connectivity index (χ1n) is 5.97. The predicted molar refractivity (Wildman–Crippen MR) is 60.8 cm³/mol. The summed E-state index contributed by atoms with van der Waals surface area (Å²) in [5, 5.41) is 18.8. The lowest BCUT2D eigenvalue weighted by Crippen LogP contribution is -2.34. The van der Waals surface area contributed by atoms with Crippen LogP contribution in [0.15, 0.2) is 11.5 Å². The Kier molecular flexibility index (Phi) is 3.25. The molecule has 0 aromatic carbocycles. The zero-order valence-corrected chi connectivity index (χ0v) is 10.7. The molecule has 6 nitrogen and oxygen atoms in total. The first-order valence-corrected chi connectivity index (χ1v) is 5.97. The molecule has 0 aromatic rings. The Bertz CT molecular complexity index is 388. The zero-order chi connectivity index (χ0) is 13.5. The number of ether oxygens (including phenoxy) is 3. The summed E-state index contributed by atoms with van der Waals surface area (Å²) in [7, 11) is 0. The summed E-state index contributed by atoms with van der Waals surface area (Å²) in [4.78, 5) is 11.1. The molecule has 0 spiro atoms. The van der Waals surface area contributed by atoms with Crippen LogP contribution in [0.25, 0.3) is 0 Å². The molecular formula is C12H18O6. The van der Waals surface area contributed by atoms with Crippen LogP contribution in [0.3, 0.4) is 0 Å². The monoisotopic (exact) mass is 258 g/mol. The van der Waals surface area contributed by atoms with Crippen LogP contribution in [0.1, 0.15) is 27.2 Å². The van der Waals surface area contributed by atoms with E-state index in [0.29, 0.717) is 12.3 Å². The third kappa shape index (κ3) is 2.30. The van der Waals surface area contributed by atoms with E-state index in [4.69, 9.17) is 14.2 Å². The van der Waals surface area contributed by atoms with Crippen molar-refractivity contribution in [3.8, 4) is 0 Å². The number of cyclic esters (lactones) is 1. The Morgan fingerprint density at radius 1 is 1.44 bits per heavy atom. The van der Waals surface area contributed by atoms with Crippen LogP contribution < -0.4 is 0 Å². The zero-order valence-electron chi connectivity index (χ0n) is 10.7. The van der Waals surface area contributed by atoms with E-state index in [9.17, 15) is 15.0 Å². The third-order valence-electron chi connectivity index (χ3n) is 3.01. The van der Waals surface area contributed by atoms with Crippen LogP contribution in [0.2, 0.25) is 0 Å². The van der Waals surface area contributed by atoms with Crippen molar-refractivity contribution >= 4 is 5.97 Å². The van der Waals surface area contributed by atoms with E-state index in [-0.39, 0.29) is 6.61 Å². The summed E-state index contributed by atoms with van der Waals surface area (Å²) in [6, 6.07) is 0. The molecule has 1 fully saturated rings. The van der Waals surface area contributed by atoms with Crippen molar-refractivity contribution in [2.45, 2.75) is 45.2 Å². The molecular weight excluding hydrogens is 240 g/mol. The van der Waals surface area contributed by atoms with Crippen molar-refractivity contribution in [2.24, 2.45) is 5.92 Å². The van der Waals surface area contributed by atoms with Crippen molar-refractivity contribution in [1.29, 1.82) is 0 Å². The van der Waals surface area contributed by atoms with Crippen LogP contribution in [0.4, 0.5) is 0 Å². The van der Waals surface area contributed by atoms with Crippen LogP contribution in [0, 0.1) is 5.92 Å². The summed E-state index contributed by atoms with van der Waals surface area (Å²) in [6.45, 7) is 6.11. The predicted octanol–water partition coefficient (Wildman–Crippen LogP) is 1.42. The minimum Gasteiger partial charge on any atom is -0.505 e. The molecule has 2 aliphatic heterocycles. The van der Waals surface area contributed by atoms with Gasteiger partial charge in [-0.1, -0.05) is 13.8 Å². The number of aliphatic hydroxyl groups is 2. The molecule has 6 heteroatoms. The first-order chi connectivity index (χ1) is 8.32. The number of carbonyl (C=O) groups is 1. The first kappa shape index (κ1) is 13.2. The van der Waals surface area contributed by atoms with Gasteiger partial charge in [0.2, 0.25) is 5.76 Å². The highest BCUT2D eigenvalue weighted by atomic mass is 16.8. The fourth-order valence-electron chi connectivity index (χ4n) is 2.36. The fourth-order valence-corrected chi connectivity index (χ4v) is 2.36. The maximum absolute atomic E-state index is 11.1. The molecule has 0 aliphatic carbocycles. The van der Waals surface area contributed by atoms with Crippen LogP contribution >= 0.6 is 0 Å². The Hall–Kier alpha value is -1.27. The Morgan fingerprint density at radius 3 is 2.61 bits per heavy atom. The minimum atomic E-state index is -0.980. The van der Waals surface area contributed by atoms with Gasteiger partial charge in [0.15, 0.2) is 17.7 Å². The van der Waals surface area contributed by atoms with Gasteiger partial charge in [0.25, 0.3) is 0 Å². The van der Waals surface area contributed by atoms with E-state index < -0.39 is 35.5 Å². The second kappa shape index (κ2) is 4.44. The SMILES string of the molecule is CC(C)C[C@]1(C)OC[C@H]([C@H]2OC(=O)C(O)=C2O)O1. The van der Waals surface area contributed by atoms with Gasteiger partial charge in [-0.2, -0.15) is 0 Å². The van der Waals surface area contributed by atoms with Gasteiger partial charge in [-0.25, -0.2) is 4.79 Å². The van der Waals surface area contributed by atoms with Crippen LogP contribution in [0.5, 0.6) is 0 Å². The second-order valence-electron chi connectivity index (χ2n) is 5.26. The molecule has 0 amide bonds. The topological polar surface area (TPSA) is 85.2 Å². The largest absolute Gasteiger partial charge is 0.505 e. The molecule has 0 unspecified atom stereocenters. The number of aliphatic hydroxyl groups excluding tert-OH is 2. The van der Waals surface area contributed by atoms with Crippen molar-refractivity contribution in [3.63, 3.8) is 0 Å². The molecule has 0 saturated carbocycles. The molecule has 2 rings (SSSR count). The lowest BCUT2D eigenvalue weighted by Gasteiger charge is -2.26. The third-order valence-corrected chi connectivity index (χ3v) is 3.01. The van der Waals surface area contributed by atoms with Crippen molar-refractivity contribution in [2.75, 3.05) is 6.61 Å². The fraction of sp³-hybridized carbons (Fsp3) is 0.750. The summed E-state index contributed by atoms with van der Waals surface area (Å²) in [5.41, 5.74) is 0. The number of esters is 1. The van der Waals surface area contributed by atoms with Crippen LogP contribution in [-0.2, 0) is 19.0 Å². The summed E-state index contributed by atoms with van der Waals surface area (Å²) < 4.78 is 16.1. The molecule has 0 aromatic heterocycles. The van der Waals surface area contributed by atoms with E-state index in [1.165, 1.54) is 0 Å². The molecule has 2 aliphatic rings. The van der Waals surface area contributed by atoms with Gasteiger partial charge in [0, 0.05) is 6.42 Å². The summed E-state index contributed by atoms with van der Waals surface area (Å²) >= 11 is 0. The maximum atomic E-state index is 11.1. The van der Waals surface area contributed by atoms with Crippen LogP contribution in [-0.4, -0.2) is 40.8 Å². The van der Waals surface area contributed by atoms with Gasteiger partial charge < -0.3 is 24.4 Å². The number of carbonyl (C=O) groups excluding carboxylic acids is 1. The van der Waals surface area contributed by atoms with E-state index in [2.05, 4.69) is 0 Å². The molecule has 3 atom stereocenters. The molecule has 18 heavy (non-hydrogen) atoms. The van der Waals surface area contributed by atoms with Gasteiger partial charge in [-0.3, -0.25) is 0 Å². The second-order valence-corrected chi connectivity index (χ2v) is 5.26. The van der Waals surface area contributed by atoms with Gasteiger partial charge in [-0.15, -0.1) is 0 Å². The number of hydrogen-bond acceptors (Lipinski definition) is 6. The minimum absolute atomic E-state index is 0.207. The molecule has 0 bridgehead atoms. The molecule has 2 N–H and O–H groups in total. The van der Waals surface area contributed by atoms with Gasteiger partial charge >= 0.3 is 5.97 Å². The molecule has 2 heterocycles. The van der Waals surface area contributed by atoms with E-state index in [0.717, 1.165) is 0 Å². The smallest absolute Gasteiger partial charge is 0.377 e. The van der Waals surface area contributed by atoms with E-state index in [1.54, 1.807) is 0 Å². The average Bonchev–Trinajstić information content (AvgIpc) is 2.74.